The highest BCUT2D eigenvalue weighted by Crippen LogP contribution is 2.42. The molecule has 29 heteroatoms. The number of carbonyl (C=O) groups excluding carboxylic acids is 2. The molecular formula is C41H30BrF20N3O5. The molecule has 4 aromatic carbocycles. The molecule has 0 saturated carbocycles. The normalized spacial score (nSPS) is 13.6. The molecule has 0 aliphatic heterocycles. The molecule has 0 aliphatic carbocycles. The Hall–Kier alpha value is -6.18. The van der Waals surface area contributed by atoms with Gasteiger partial charge in [0.2, 0.25) is 5.91 Å². The van der Waals surface area contributed by atoms with Crippen molar-refractivity contribution in [2.75, 3.05) is 6.61 Å². The van der Waals surface area contributed by atoms with Crippen molar-refractivity contribution in [1.29, 1.82) is 5.26 Å². The van der Waals surface area contributed by atoms with Gasteiger partial charge in [0.15, 0.2) is 6.04 Å². The number of amides is 1. The average molecular weight is 1100 g/mol. The summed E-state index contributed by atoms with van der Waals surface area (Å²) in [6.07, 6.45) is -21.1. The molecule has 2 unspecified atom stereocenters. The first-order valence-electron chi connectivity index (χ1n) is 18.3. The summed E-state index contributed by atoms with van der Waals surface area (Å²) in [6.45, 7) is 1.74. The van der Waals surface area contributed by atoms with Gasteiger partial charge in [-0.15, -0.1) is 0 Å². The van der Waals surface area contributed by atoms with Crippen molar-refractivity contribution < 1.29 is 112 Å². The number of nitriles is 1. The summed E-state index contributed by atoms with van der Waals surface area (Å²) in [5.74, 6) is -13.1. The van der Waals surface area contributed by atoms with Gasteiger partial charge in [-0.05, 0) is 71.4 Å². The van der Waals surface area contributed by atoms with E-state index in [0.717, 1.165) is 37.3 Å². The molecule has 4 N–H and O–H groups in total. The molecule has 0 radical (unpaired) electrons. The van der Waals surface area contributed by atoms with Crippen LogP contribution in [0.5, 0.6) is 0 Å². The minimum atomic E-state index is -4.75. The number of rotatable bonds is 10. The number of alkyl halides is 21. The smallest absolute Gasteiger partial charge is 0.416 e. The summed E-state index contributed by atoms with van der Waals surface area (Å²) in [5.41, 5.74) is -5.67. The van der Waals surface area contributed by atoms with Crippen LogP contribution in [0.3, 0.4) is 0 Å². The molecule has 0 aromatic heterocycles. The van der Waals surface area contributed by atoms with E-state index < -0.39 is 122 Å². The van der Waals surface area contributed by atoms with Gasteiger partial charge >= 0.3 is 47.4 Å². The zero-order valence-corrected chi connectivity index (χ0v) is 36.2. The van der Waals surface area contributed by atoms with Gasteiger partial charge in [-0.25, -0.2) is 13.6 Å². The maximum atomic E-state index is 14.8. The zero-order valence-electron chi connectivity index (χ0n) is 34.6. The number of ether oxygens (including phenoxy) is 1. The van der Waals surface area contributed by atoms with Gasteiger partial charge in [0.25, 0.3) is 17.9 Å². The van der Waals surface area contributed by atoms with E-state index >= 15 is 0 Å². The van der Waals surface area contributed by atoms with Gasteiger partial charge in [0, 0.05) is 29.2 Å². The predicted molar refractivity (Wildman–Crippen MR) is 206 cm³/mol. The SMILES string of the molecule is CCOC(=O)C(C#N)(NC(C)=O)C(F)(F)c1ccc(C(F)(F)F)cc1.FC(F)(F)c1ccc(C(F)(F)Br)cc1.FC(F)c1ccc(C(F)(F)F)cc1.NC(C(=O)O)C(F)(F)c1ccc(C(F)(F)F)cc1. The molecule has 8 nitrogen and oxygen atoms in total. The molecule has 1 amide bonds. The average Bonchev–Trinajstić information content (AvgIpc) is 3.24. The van der Waals surface area contributed by atoms with Gasteiger partial charge in [0.1, 0.15) is 6.07 Å². The second kappa shape index (κ2) is 23.6. The van der Waals surface area contributed by atoms with Gasteiger partial charge in [-0.2, -0.15) is 84.3 Å². The number of nitrogens with two attached hydrogens (primary N) is 1. The van der Waals surface area contributed by atoms with E-state index in [1.807, 2.05) is 15.9 Å². The number of carboxylic acids is 1. The van der Waals surface area contributed by atoms with Crippen molar-refractivity contribution >= 4 is 33.8 Å². The van der Waals surface area contributed by atoms with E-state index in [1.54, 1.807) is 5.32 Å². The number of hydrogen-bond donors (Lipinski definition) is 3. The molecule has 0 heterocycles. The standard InChI is InChI=1S/C15H13F5N2O3.C10H8F5NO2.C8H4BrF5.C8H5F5/c1-3-25-12(24)13(8-21,22-9(2)23)14(16,17)10-4-6-11(7-5-10)15(18,19)20;11-9(12,7(16)8(17)18)5-1-3-6(4-2-5)10(13,14)15;9-7(10,11)5-1-3-6(4-2-5)8(12,13)14;9-7(10)5-1-3-6(4-2-5)8(11,12)13/h4-7H,3H2,1-2H3,(H,22,23);1-4,7H,16H2,(H,17,18);1-4H;1-4,7H. The summed E-state index contributed by atoms with van der Waals surface area (Å²) in [7, 11) is 0. The lowest BCUT2D eigenvalue weighted by atomic mass is 9.87. The zero-order chi connectivity index (χ0) is 54.6. The third-order valence-corrected chi connectivity index (χ3v) is 8.90. The Kier molecular flexibility index (Phi) is 20.9. The Morgan fingerprint density at radius 3 is 1.16 bits per heavy atom. The highest BCUT2D eigenvalue weighted by Gasteiger charge is 2.63. The van der Waals surface area contributed by atoms with Crippen molar-refractivity contribution in [3.05, 3.63) is 142 Å². The molecule has 0 spiro atoms. The van der Waals surface area contributed by atoms with Crippen LogP contribution in [-0.2, 0) is 60.5 Å². The number of carbonyl (C=O) groups is 3. The van der Waals surface area contributed by atoms with Crippen molar-refractivity contribution in [2.24, 2.45) is 5.73 Å². The first-order valence-corrected chi connectivity index (χ1v) is 19.1. The van der Waals surface area contributed by atoms with Crippen LogP contribution < -0.4 is 11.1 Å². The number of aliphatic carboxylic acids is 1. The molecule has 0 saturated heterocycles. The van der Waals surface area contributed by atoms with Crippen LogP contribution in [0.4, 0.5) is 87.8 Å². The van der Waals surface area contributed by atoms with Gasteiger partial charge in [0.05, 0.1) is 28.9 Å². The van der Waals surface area contributed by atoms with Crippen LogP contribution in [0.1, 0.15) is 64.8 Å². The maximum Gasteiger partial charge on any atom is 0.416 e. The van der Waals surface area contributed by atoms with Gasteiger partial charge in [-0.1, -0.05) is 48.5 Å². The van der Waals surface area contributed by atoms with Crippen LogP contribution in [0.15, 0.2) is 97.1 Å². The molecule has 70 heavy (non-hydrogen) atoms. The van der Waals surface area contributed by atoms with Crippen LogP contribution in [0, 0.1) is 11.3 Å². The minimum absolute atomic E-state index is 0.356. The van der Waals surface area contributed by atoms with Crippen LogP contribution in [0.25, 0.3) is 0 Å². The van der Waals surface area contributed by atoms with E-state index in [2.05, 4.69) is 4.74 Å². The second-order valence-corrected chi connectivity index (χ2v) is 14.4. The highest BCUT2D eigenvalue weighted by atomic mass is 79.9. The van der Waals surface area contributed by atoms with E-state index in [1.165, 1.54) is 6.92 Å². The number of hydrogen-bond acceptors (Lipinski definition) is 6. The summed E-state index contributed by atoms with van der Waals surface area (Å²) >= 11 is 2.05. The Bertz CT molecular complexity index is 2340. The molecule has 386 valence electrons. The summed E-state index contributed by atoms with van der Waals surface area (Å²) in [5, 5.41) is 19.1. The fraction of sp³-hybridized carbons (Fsp3) is 0.317. The Morgan fingerprint density at radius 1 is 0.600 bits per heavy atom. The summed E-state index contributed by atoms with van der Waals surface area (Å²) < 4.78 is 256. The Labute approximate surface area is 389 Å². The Balaban J connectivity index is 0.000000483. The van der Waals surface area contributed by atoms with Crippen LogP contribution in [-0.4, -0.2) is 41.1 Å². The molecule has 0 fully saturated rings. The molecular weight excluding hydrogens is 1070 g/mol. The Morgan fingerprint density at radius 2 is 0.900 bits per heavy atom. The first-order chi connectivity index (χ1) is 31.6. The van der Waals surface area contributed by atoms with Crippen molar-refractivity contribution in [1.82, 2.24) is 5.32 Å². The number of carboxylic acid groups (broad SMARTS) is 1. The molecule has 4 rings (SSSR count). The van der Waals surface area contributed by atoms with E-state index in [0.29, 0.717) is 72.8 Å². The van der Waals surface area contributed by atoms with E-state index in [4.69, 9.17) is 10.8 Å². The number of nitrogens with zero attached hydrogens (tertiary/aromatic N) is 1. The molecule has 0 aliphatic rings. The topological polar surface area (TPSA) is 143 Å². The third-order valence-electron chi connectivity index (χ3n) is 8.44. The first kappa shape index (κ1) is 61.8. The monoisotopic (exact) mass is 1100 g/mol. The summed E-state index contributed by atoms with van der Waals surface area (Å²) in [4.78, 5) is 30.3. The second-order valence-electron chi connectivity index (χ2n) is 13.4. The van der Waals surface area contributed by atoms with Gasteiger partial charge in [-0.3, -0.25) is 9.59 Å². The predicted octanol–water partition coefficient (Wildman–Crippen LogP) is 12.8. The largest absolute Gasteiger partial charge is 0.480 e. The third kappa shape index (κ3) is 17.0. The fourth-order valence-electron chi connectivity index (χ4n) is 4.87. The minimum Gasteiger partial charge on any atom is -0.480 e. The van der Waals surface area contributed by atoms with Crippen LogP contribution in [0.2, 0.25) is 0 Å². The quantitative estimate of drug-likeness (QED) is 0.0815. The molecule has 4 aromatic rings. The van der Waals surface area contributed by atoms with E-state index in [-0.39, 0.29) is 6.61 Å². The number of halogens is 21. The lowest BCUT2D eigenvalue weighted by Gasteiger charge is -2.33. The lowest BCUT2D eigenvalue weighted by molar-refractivity contribution is -0.169. The van der Waals surface area contributed by atoms with E-state index in [9.17, 15) is 107 Å². The molecule has 0 bridgehead atoms. The van der Waals surface area contributed by atoms with Crippen molar-refractivity contribution in [2.45, 2.75) is 73.2 Å². The van der Waals surface area contributed by atoms with Gasteiger partial charge < -0.3 is 20.9 Å². The number of benzene rings is 4. The van der Waals surface area contributed by atoms with Crippen molar-refractivity contribution in [3.8, 4) is 6.07 Å². The summed E-state index contributed by atoms with van der Waals surface area (Å²) in [6, 6.07) is 7.55. The highest BCUT2D eigenvalue weighted by molar-refractivity contribution is 9.09. The fourth-order valence-corrected chi connectivity index (χ4v) is 5.14. The van der Waals surface area contributed by atoms with Crippen LogP contribution >= 0.6 is 15.9 Å². The number of nitrogens with one attached hydrogen (secondary N) is 1. The van der Waals surface area contributed by atoms with Crippen molar-refractivity contribution in [3.63, 3.8) is 0 Å². The lowest BCUT2D eigenvalue weighted by Crippen LogP contribution is -2.63. The number of esters is 1. The molecule has 2 atom stereocenters. The maximum absolute atomic E-state index is 14.8.